The molecule has 0 bridgehead atoms. The maximum Gasteiger partial charge on any atom is 0.120 e. The fraction of sp³-hybridized carbons (Fsp3) is 0.200. The van der Waals surface area contributed by atoms with Crippen molar-refractivity contribution in [1.82, 2.24) is 0 Å². The van der Waals surface area contributed by atoms with Crippen molar-refractivity contribution in [2.24, 2.45) is 0 Å². The normalized spacial score (nSPS) is 12.2. The first-order chi connectivity index (χ1) is 8.59. The first-order valence-electron chi connectivity index (χ1n) is 5.89. The van der Waals surface area contributed by atoms with Gasteiger partial charge in [-0.1, -0.05) is 30.3 Å². The molecule has 0 saturated carbocycles. The van der Waals surface area contributed by atoms with Crippen LogP contribution in [0.5, 0.6) is 5.75 Å². The van der Waals surface area contributed by atoms with Crippen LogP contribution in [0.3, 0.4) is 0 Å². The van der Waals surface area contributed by atoms with Gasteiger partial charge in [-0.2, -0.15) is 0 Å². The highest BCUT2D eigenvalue weighted by Crippen LogP contribution is 2.31. The van der Waals surface area contributed by atoms with Crippen LogP contribution < -0.4 is 5.32 Å². The molecule has 1 atom stereocenters. The predicted octanol–water partition coefficient (Wildman–Crippen LogP) is 4.64. The quantitative estimate of drug-likeness (QED) is 0.866. The molecule has 1 unspecified atom stereocenters. The van der Waals surface area contributed by atoms with Gasteiger partial charge in [-0.15, -0.1) is 0 Å². The van der Waals surface area contributed by atoms with Gasteiger partial charge in [0.1, 0.15) is 5.75 Å². The lowest BCUT2D eigenvalue weighted by atomic mass is 10.1. The van der Waals surface area contributed by atoms with Crippen LogP contribution in [0.15, 0.2) is 46.9 Å². The molecule has 2 aromatic rings. The van der Waals surface area contributed by atoms with Crippen molar-refractivity contribution in [3.63, 3.8) is 0 Å². The molecule has 0 aliphatic rings. The van der Waals surface area contributed by atoms with E-state index in [1.54, 1.807) is 6.07 Å². The number of aryl methyl sites for hydroxylation is 1. The van der Waals surface area contributed by atoms with E-state index < -0.39 is 0 Å². The smallest absolute Gasteiger partial charge is 0.120 e. The summed E-state index contributed by atoms with van der Waals surface area (Å²) in [7, 11) is 0. The molecule has 0 radical (unpaired) electrons. The first-order valence-corrected chi connectivity index (χ1v) is 6.68. The highest BCUT2D eigenvalue weighted by molar-refractivity contribution is 9.10. The van der Waals surface area contributed by atoms with Gasteiger partial charge in [0.05, 0.1) is 6.04 Å². The van der Waals surface area contributed by atoms with Crippen LogP contribution in [-0.2, 0) is 0 Å². The molecule has 0 saturated heterocycles. The van der Waals surface area contributed by atoms with E-state index in [9.17, 15) is 5.11 Å². The van der Waals surface area contributed by atoms with E-state index in [-0.39, 0.29) is 6.04 Å². The molecule has 18 heavy (non-hydrogen) atoms. The third kappa shape index (κ3) is 2.67. The van der Waals surface area contributed by atoms with Crippen molar-refractivity contribution in [3.8, 4) is 5.75 Å². The average Bonchev–Trinajstić information content (AvgIpc) is 2.35. The molecule has 0 amide bonds. The molecule has 2 aromatic carbocycles. The first kappa shape index (κ1) is 13.0. The highest BCUT2D eigenvalue weighted by atomic mass is 79.9. The van der Waals surface area contributed by atoms with Gasteiger partial charge in [0.25, 0.3) is 0 Å². The van der Waals surface area contributed by atoms with E-state index in [0.717, 1.165) is 15.7 Å². The van der Waals surface area contributed by atoms with Gasteiger partial charge in [-0.05, 0) is 47.5 Å². The van der Waals surface area contributed by atoms with Crippen LogP contribution in [0.1, 0.15) is 24.1 Å². The number of nitrogens with one attached hydrogen (secondary N) is 1. The van der Waals surface area contributed by atoms with Gasteiger partial charge in [-0.25, -0.2) is 0 Å². The lowest BCUT2D eigenvalue weighted by Gasteiger charge is -2.18. The number of hydrogen-bond donors (Lipinski definition) is 2. The second-order valence-corrected chi connectivity index (χ2v) is 5.15. The number of anilines is 1. The second kappa shape index (κ2) is 5.44. The topological polar surface area (TPSA) is 32.3 Å². The number of hydrogen-bond acceptors (Lipinski definition) is 2. The summed E-state index contributed by atoms with van der Waals surface area (Å²) in [4.78, 5) is 0. The van der Waals surface area contributed by atoms with Crippen LogP contribution in [0.25, 0.3) is 0 Å². The predicted molar refractivity (Wildman–Crippen MR) is 79.0 cm³/mol. The molecule has 0 aliphatic carbocycles. The van der Waals surface area contributed by atoms with E-state index in [1.165, 1.54) is 5.56 Å². The maximum atomic E-state index is 9.83. The summed E-state index contributed by atoms with van der Waals surface area (Å²) < 4.78 is 1.06. The number of para-hydroxylation sites is 1. The minimum absolute atomic E-state index is 0.0456. The Labute approximate surface area is 116 Å². The number of phenols is 1. The summed E-state index contributed by atoms with van der Waals surface area (Å²) >= 11 is 3.57. The summed E-state index contributed by atoms with van der Waals surface area (Å²) in [6.07, 6.45) is 0. The minimum atomic E-state index is 0.0456. The zero-order valence-corrected chi connectivity index (χ0v) is 12.0. The van der Waals surface area contributed by atoms with Gasteiger partial charge in [0, 0.05) is 15.7 Å². The van der Waals surface area contributed by atoms with Crippen molar-refractivity contribution >= 4 is 21.6 Å². The van der Waals surface area contributed by atoms with Crippen molar-refractivity contribution in [1.29, 1.82) is 0 Å². The fourth-order valence-electron chi connectivity index (χ4n) is 1.92. The van der Waals surface area contributed by atoms with Crippen molar-refractivity contribution in [2.75, 3.05) is 5.32 Å². The molecule has 0 aromatic heterocycles. The van der Waals surface area contributed by atoms with Crippen LogP contribution in [-0.4, -0.2) is 5.11 Å². The summed E-state index contributed by atoms with van der Waals surface area (Å²) in [6, 6.07) is 13.5. The Bertz CT molecular complexity index is 554. The number of aromatic hydroxyl groups is 1. The van der Waals surface area contributed by atoms with Gasteiger partial charge in [0.2, 0.25) is 0 Å². The van der Waals surface area contributed by atoms with Crippen molar-refractivity contribution in [2.45, 2.75) is 19.9 Å². The zero-order chi connectivity index (χ0) is 13.1. The molecule has 2 nitrogen and oxygen atoms in total. The van der Waals surface area contributed by atoms with E-state index in [4.69, 9.17) is 0 Å². The zero-order valence-electron chi connectivity index (χ0n) is 10.4. The highest BCUT2D eigenvalue weighted by Gasteiger charge is 2.11. The lowest BCUT2D eigenvalue weighted by Crippen LogP contribution is -2.07. The van der Waals surface area contributed by atoms with Crippen LogP contribution in [0.4, 0.5) is 5.69 Å². The standard InChI is InChI=1S/C15H16BrNO/c1-10-6-5-8-13(15(10)16)17-11(2)12-7-3-4-9-14(12)18/h3-9,11,17-18H,1-2H3. The molecule has 0 aliphatic heterocycles. The summed E-state index contributed by atoms with van der Waals surface area (Å²) in [5.74, 6) is 0.321. The number of benzene rings is 2. The molecule has 0 heterocycles. The van der Waals surface area contributed by atoms with E-state index in [1.807, 2.05) is 37.3 Å². The summed E-state index contributed by atoms with van der Waals surface area (Å²) in [5, 5.41) is 13.2. The van der Waals surface area contributed by atoms with Gasteiger partial charge in [-0.3, -0.25) is 0 Å². The largest absolute Gasteiger partial charge is 0.508 e. The Hall–Kier alpha value is -1.48. The average molecular weight is 306 g/mol. The van der Waals surface area contributed by atoms with Crippen LogP contribution >= 0.6 is 15.9 Å². The Balaban J connectivity index is 2.24. The summed E-state index contributed by atoms with van der Waals surface area (Å²) in [5.41, 5.74) is 3.11. The van der Waals surface area contributed by atoms with E-state index in [0.29, 0.717) is 5.75 Å². The molecule has 0 spiro atoms. The lowest BCUT2D eigenvalue weighted by molar-refractivity contribution is 0.465. The van der Waals surface area contributed by atoms with E-state index >= 15 is 0 Å². The van der Waals surface area contributed by atoms with Gasteiger partial charge >= 0.3 is 0 Å². The van der Waals surface area contributed by atoms with Gasteiger partial charge in [0.15, 0.2) is 0 Å². The van der Waals surface area contributed by atoms with Crippen molar-refractivity contribution < 1.29 is 5.11 Å². The van der Waals surface area contributed by atoms with Gasteiger partial charge < -0.3 is 10.4 Å². The number of rotatable bonds is 3. The fourth-order valence-corrected chi connectivity index (χ4v) is 2.30. The minimum Gasteiger partial charge on any atom is -0.508 e. The Morgan fingerprint density at radius 1 is 1.11 bits per heavy atom. The monoisotopic (exact) mass is 305 g/mol. The molecule has 94 valence electrons. The maximum absolute atomic E-state index is 9.83. The molecular formula is C15H16BrNO. The third-order valence-electron chi connectivity index (χ3n) is 2.97. The Morgan fingerprint density at radius 2 is 1.83 bits per heavy atom. The van der Waals surface area contributed by atoms with Crippen molar-refractivity contribution in [3.05, 3.63) is 58.1 Å². The van der Waals surface area contributed by atoms with Crippen LogP contribution in [0, 0.1) is 6.92 Å². The molecular weight excluding hydrogens is 290 g/mol. The Kier molecular flexibility index (Phi) is 3.92. The molecule has 0 fully saturated rings. The van der Waals surface area contributed by atoms with E-state index in [2.05, 4.69) is 34.2 Å². The SMILES string of the molecule is Cc1cccc(NC(C)c2ccccc2O)c1Br. The molecule has 2 rings (SSSR count). The molecule has 3 heteroatoms. The number of phenolic OH excluding ortho intramolecular Hbond substituents is 1. The molecule has 2 N–H and O–H groups in total. The third-order valence-corrected chi connectivity index (χ3v) is 4.02. The van der Waals surface area contributed by atoms with Crippen LogP contribution in [0.2, 0.25) is 0 Å². The summed E-state index contributed by atoms with van der Waals surface area (Å²) in [6.45, 7) is 4.09. The number of halogens is 1. The Morgan fingerprint density at radius 3 is 2.56 bits per heavy atom. The second-order valence-electron chi connectivity index (χ2n) is 4.36.